The highest BCUT2D eigenvalue weighted by Gasteiger charge is 2.05. The summed E-state index contributed by atoms with van der Waals surface area (Å²) in [5.41, 5.74) is 0.764. The minimum absolute atomic E-state index is 0.398. The largest absolute Gasteiger partial charge is 0.352 e. The molecule has 0 spiro atoms. The SMILES string of the molecule is COC(OC)/C(C)=C/C=O. The van der Waals surface area contributed by atoms with Crippen LogP contribution in [0.4, 0.5) is 0 Å². The first-order valence-corrected chi connectivity index (χ1v) is 2.93. The van der Waals surface area contributed by atoms with Gasteiger partial charge in [-0.05, 0) is 18.6 Å². The Morgan fingerprint density at radius 1 is 1.40 bits per heavy atom. The molecule has 0 bridgehead atoms. The molecule has 58 valence electrons. The van der Waals surface area contributed by atoms with E-state index < -0.39 is 6.29 Å². The van der Waals surface area contributed by atoms with Gasteiger partial charge in [-0.15, -0.1) is 0 Å². The fourth-order valence-electron chi connectivity index (χ4n) is 0.654. The molecule has 0 saturated heterocycles. The van der Waals surface area contributed by atoms with Crippen molar-refractivity contribution in [1.29, 1.82) is 0 Å². The summed E-state index contributed by atoms with van der Waals surface area (Å²) in [6, 6.07) is 0. The zero-order valence-electron chi connectivity index (χ0n) is 6.46. The third kappa shape index (κ3) is 2.75. The van der Waals surface area contributed by atoms with Crippen LogP contribution in [-0.2, 0) is 14.3 Å². The lowest BCUT2D eigenvalue weighted by Crippen LogP contribution is -2.14. The predicted molar refractivity (Wildman–Crippen MR) is 37.6 cm³/mol. The van der Waals surface area contributed by atoms with E-state index in [1.807, 2.05) is 0 Å². The maximum atomic E-state index is 9.96. The normalized spacial score (nSPS) is 12.2. The van der Waals surface area contributed by atoms with E-state index in [0.29, 0.717) is 6.29 Å². The van der Waals surface area contributed by atoms with Crippen LogP contribution in [0.25, 0.3) is 0 Å². The molecule has 0 fully saturated rings. The number of allylic oxidation sites excluding steroid dienone is 1. The minimum Gasteiger partial charge on any atom is -0.352 e. The van der Waals surface area contributed by atoms with E-state index in [4.69, 9.17) is 9.47 Å². The smallest absolute Gasteiger partial charge is 0.179 e. The third-order valence-electron chi connectivity index (χ3n) is 1.13. The second-order valence-electron chi connectivity index (χ2n) is 1.85. The van der Waals surface area contributed by atoms with E-state index in [0.717, 1.165) is 5.57 Å². The predicted octanol–water partition coefficient (Wildman–Crippen LogP) is 0.750. The Balaban J connectivity index is 3.99. The maximum absolute atomic E-state index is 9.96. The van der Waals surface area contributed by atoms with E-state index in [1.54, 1.807) is 6.92 Å². The molecule has 0 aliphatic rings. The van der Waals surface area contributed by atoms with Gasteiger partial charge in [0, 0.05) is 14.2 Å². The first-order chi connectivity index (χ1) is 4.76. The molecule has 3 nitrogen and oxygen atoms in total. The fraction of sp³-hybridized carbons (Fsp3) is 0.571. The molecule has 10 heavy (non-hydrogen) atoms. The topological polar surface area (TPSA) is 35.5 Å². The minimum atomic E-state index is -0.398. The summed E-state index contributed by atoms with van der Waals surface area (Å²) in [5.74, 6) is 0. The van der Waals surface area contributed by atoms with Gasteiger partial charge in [-0.1, -0.05) is 0 Å². The van der Waals surface area contributed by atoms with Crippen LogP contribution in [0.5, 0.6) is 0 Å². The van der Waals surface area contributed by atoms with Gasteiger partial charge in [0.15, 0.2) is 6.29 Å². The second kappa shape index (κ2) is 5.14. The van der Waals surface area contributed by atoms with Crippen LogP contribution in [0.3, 0.4) is 0 Å². The van der Waals surface area contributed by atoms with Crippen molar-refractivity contribution in [3.63, 3.8) is 0 Å². The Labute approximate surface area is 60.6 Å². The third-order valence-corrected chi connectivity index (χ3v) is 1.13. The van der Waals surface area contributed by atoms with Crippen molar-refractivity contribution in [2.45, 2.75) is 13.2 Å². The first-order valence-electron chi connectivity index (χ1n) is 2.93. The van der Waals surface area contributed by atoms with Crippen LogP contribution >= 0.6 is 0 Å². The Hall–Kier alpha value is -0.670. The van der Waals surface area contributed by atoms with E-state index >= 15 is 0 Å². The molecule has 0 amide bonds. The second-order valence-corrected chi connectivity index (χ2v) is 1.85. The number of hydrogen-bond donors (Lipinski definition) is 0. The first kappa shape index (κ1) is 9.33. The number of methoxy groups -OCH3 is 2. The van der Waals surface area contributed by atoms with Crippen LogP contribution in [-0.4, -0.2) is 26.8 Å². The summed E-state index contributed by atoms with van der Waals surface area (Å²) >= 11 is 0. The molecular weight excluding hydrogens is 132 g/mol. The lowest BCUT2D eigenvalue weighted by atomic mass is 10.3. The molecular formula is C7H12O3. The van der Waals surface area contributed by atoms with Crippen molar-refractivity contribution in [2.75, 3.05) is 14.2 Å². The molecule has 0 radical (unpaired) electrons. The van der Waals surface area contributed by atoms with E-state index in [2.05, 4.69) is 0 Å². The van der Waals surface area contributed by atoms with Crippen molar-refractivity contribution < 1.29 is 14.3 Å². The van der Waals surface area contributed by atoms with Crippen LogP contribution in [0.2, 0.25) is 0 Å². The van der Waals surface area contributed by atoms with Crippen LogP contribution in [0, 0.1) is 0 Å². The number of aldehydes is 1. The summed E-state index contributed by atoms with van der Waals surface area (Å²) in [6.07, 6.45) is 1.73. The Morgan fingerprint density at radius 3 is 2.20 bits per heavy atom. The van der Waals surface area contributed by atoms with Gasteiger partial charge in [0.25, 0.3) is 0 Å². The molecule has 0 rings (SSSR count). The maximum Gasteiger partial charge on any atom is 0.179 e. The van der Waals surface area contributed by atoms with Gasteiger partial charge in [-0.3, -0.25) is 4.79 Å². The Morgan fingerprint density at radius 2 is 1.90 bits per heavy atom. The summed E-state index contributed by atoms with van der Waals surface area (Å²) < 4.78 is 9.73. The zero-order chi connectivity index (χ0) is 7.98. The van der Waals surface area contributed by atoms with Crippen molar-refractivity contribution in [3.8, 4) is 0 Å². The van der Waals surface area contributed by atoms with Crippen LogP contribution in [0.15, 0.2) is 11.6 Å². The van der Waals surface area contributed by atoms with Crippen molar-refractivity contribution >= 4 is 6.29 Å². The molecule has 0 aromatic heterocycles. The standard InChI is InChI=1S/C7H12O3/c1-6(4-5-8)7(9-2)10-3/h4-5,7H,1-3H3/b6-4+. The Bertz CT molecular complexity index is 125. The number of hydrogen-bond acceptors (Lipinski definition) is 3. The van der Waals surface area contributed by atoms with E-state index in [1.165, 1.54) is 20.3 Å². The average molecular weight is 144 g/mol. The lowest BCUT2D eigenvalue weighted by molar-refractivity contribution is -0.104. The van der Waals surface area contributed by atoms with Gasteiger partial charge in [-0.2, -0.15) is 0 Å². The van der Waals surface area contributed by atoms with Gasteiger partial charge < -0.3 is 9.47 Å². The number of carbonyl (C=O) groups excluding carboxylic acids is 1. The van der Waals surface area contributed by atoms with Gasteiger partial charge >= 0.3 is 0 Å². The molecule has 0 N–H and O–H groups in total. The van der Waals surface area contributed by atoms with Crippen LogP contribution in [0.1, 0.15) is 6.92 Å². The monoisotopic (exact) mass is 144 g/mol. The quantitative estimate of drug-likeness (QED) is 0.332. The average Bonchev–Trinajstić information content (AvgIpc) is 1.91. The number of ether oxygens (including phenoxy) is 2. The van der Waals surface area contributed by atoms with E-state index in [-0.39, 0.29) is 0 Å². The van der Waals surface area contributed by atoms with Crippen molar-refractivity contribution in [2.24, 2.45) is 0 Å². The highest BCUT2D eigenvalue weighted by Crippen LogP contribution is 2.03. The van der Waals surface area contributed by atoms with Gasteiger partial charge in [0.05, 0.1) is 0 Å². The molecule has 0 unspecified atom stereocenters. The fourth-order valence-corrected chi connectivity index (χ4v) is 0.654. The molecule has 0 atom stereocenters. The summed E-state index contributed by atoms with van der Waals surface area (Å²) in [4.78, 5) is 9.96. The summed E-state index contributed by atoms with van der Waals surface area (Å²) in [6.45, 7) is 1.77. The van der Waals surface area contributed by atoms with Crippen molar-refractivity contribution in [3.05, 3.63) is 11.6 Å². The summed E-state index contributed by atoms with van der Waals surface area (Å²) in [5, 5.41) is 0. The molecule has 0 aliphatic heterocycles. The van der Waals surface area contributed by atoms with Crippen molar-refractivity contribution in [1.82, 2.24) is 0 Å². The molecule has 0 saturated carbocycles. The highest BCUT2D eigenvalue weighted by molar-refractivity contribution is 5.66. The number of rotatable bonds is 4. The summed E-state index contributed by atoms with van der Waals surface area (Å²) in [7, 11) is 3.05. The zero-order valence-corrected chi connectivity index (χ0v) is 6.46. The number of carbonyl (C=O) groups is 1. The van der Waals surface area contributed by atoms with Gasteiger partial charge in [0.1, 0.15) is 6.29 Å². The van der Waals surface area contributed by atoms with Gasteiger partial charge in [0.2, 0.25) is 0 Å². The lowest BCUT2D eigenvalue weighted by Gasteiger charge is -2.12. The molecule has 0 aromatic rings. The molecule has 0 aromatic carbocycles. The molecule has 3 heteroatoms. The molecule has 0 heterocycles. The highest BCUT2D eigenvalue weighted by atomic mass is 16.7. The Kier molecular flexibility index (Phi) is 4.80. The molecule has 0 aliphatic carbocycles. The van der Waals surface area contributed by atoms with Gasteiger partial charge in [-0.25, -0.2) is 0 Å². The van der Waals surface area contributed by atoms with E-state index in [9.17, 15) is 4.79 Å². The van der Waals surface area contributed by atoms with Crippen LogP contribution < -0.4 is 0 Å².